The van der Waals surface area contributed by atoms with Crippen molar-refractivity contribution in [3.05, 3.63) is 47.9 Å². The number of amides is 1. The average molecular weight is 317 g/mol. The number of carboxylic acids is 1. The summed E-state index contributed by atoms with van der Waals surface area (Å²) in [7, 11) is 0. The fourth-order valence-corrected chi connectivity index (χ4v) is 3.59. The highest BCUT2D eigenvalue weighted by Crippen LogP contribution is 2.40. The van der Waals surface area contributed by atoms with Gasteiger partial charge in [-0.15, -0.1) is 11.8 Å². The first-order valence-corrected chi connectivity index (χ1v) is 7.87. The second-order valence-corrected chi connectivity index (χ2v) is 6.22. The molecule has 1 aromatic carbocycles. The highest BCUT2D eigenvalue weighted by atomic mass is 32.2. The summed E-state index contributed by atoms with van der Waals surface area (Å²) < 4.78 is 5.28. The molecule has 1 atom stereocenters. The smallest absolute Gasteiger partial charge is 0.371 e. The Morgan fingerprint density at radius 1 is 1.32 bits per heavy atom. The predicted molar refractivity (Wildman–Crippen MR) is 83.2 cm³/mol. The van der Waals surface area contributed by atoms with Crippen LogP contribution < -0.4 is 4.90 Å². The Morgan fingerprint density at radius 2 is 2.09 bits per heavy atom. The minimum Gasteiger partial charge on any atom is -0.475 e. The van der Waals surface area contributed by atoms with Gasteiger partial charge in [-0.3, -0.25) is 4.79 Å². The Bertz CT molecular complexity index is 724. The third kappa shape index (κ3) is 2.62. The van der Waals surface area contributed by atoms with E-state index in [0.717, 1.165) is 17.0 Å². The van der Waals surface area contributed by atoms with Crippen molar-refractivity contribution in [1.29, 1.82) is 0 Å². The lowest BCUT2D eigenvalue weighted by molar-refractivity contribution is -0.118. The lowest BCUT2D eigenvalue weighted by Crippen LogP contribution is -2.40. The van der Waals surface area contributed by atoms with E-state index in [4.69, 9.17) is 9.52 Å². The Kier molecular flexibility index (Phi) is 3.94. The summed E-state index contributed by atoms with van der Waals surface area (Å²) in [5, 5.41) is 8.79. The van der Waals surface area contributed by atoms with Crippen molar-refractivity contribution in [2.75, 3.05) is 4.90 Å². The van der Waals surface area contributed by atoms with Crippen molar-refractivity contribution in [3.63, 3.8) is 0 Å². The number of anilines is 1. The normalized spacial score (nSPS) is 17.4. The standard InChI is InChI=1S/C16H15NO4S/c1-2-13-15(18)17(11-5-3-4-6-14(11)22-13)9-10-7-8-12(21-10)16(19)20/h3-8,13H,2,9H2,1H3,(H,19,20). The van der Waals surface area contributed by atoms with E-state index >= 15 is 0 Å². The Hall–Kier alpha value is -2.21. The van der Waals surface area contributed by atoms with Crippen LogP contribution in [0, 0.1) is 0 Å². The van der Waals surface area contributed by atoms with Crippen molar-refractivity contribution >= 4 is 29.3 Å². The number of hydrogen-bond acceptors (Lipinski definition) is 4. The lowest BCUT2D eigenvalue weighted by Gasteiger charge is -2.32. The molecule has 1 aliphatic heterocycles. The molecule has 0 saturated heterocycles. The summed E-state index contributed by atoms with van der Waals surface area (Å²) in [6, 6.07) is 10.7. The van der Waals surface area contributed by atoms with Crippen LogP contribution in [0.3, 0.4) is 0 Å². The first-order chi connectivity index (χ1) is 10.6. The molecule has 2 heterocycles. The molecular formula is C16H15NO4S. The first kappa shape index (κ1) is 14.7. The topological polar surface area (TPSA) is 70.8 Å². The Labute approximate surface area is 131 Å². The maximum Gasteiger partial charge on any atom is 0.371 e. The summed E-state index contributed by atoms with van der Waals surface area (Å²) >= 11 is 1.57. The molecule has 0 radical (unpaired) electrons. The zero-order valence-electron chi connectivity index (χ0n) is 12.0. The fraction of sp³-hybridized carbons (Fsp3) is 0.250. The number of hydrogen-bond donors (Lipinski definition) is 1. The van der Waals surface area contributed by atoms with Crippen LogP contribution in [0.4, 0.5) is 5.69 Å². The number of carbonyl (C=O) groups is 2. The molecule has 1 unspecified atom stereocenters. The zero-order valence-corrected chi connectivity index (χ0v) is 12.8. The molecule has 0 aliphatic carbocycles. The number of benzene rings is 1. The molecule has 2 aromatic rings. The number of furan rings is 1. The van der Waals surface area contributed by atoms with E-state index in [0.29, 0.717) is 5.76 Å². The third-order valence-corrected chi connectivity index (χ3v) is 4.94. The highest BCUT2D eigenvalue weighted by Gasteiger charge is 2.32. The van der Waals surface area contributed by atoms with Gasteiger partial charge in [0.15, 0.2) is 0 Å². The highest BCUT2D eigenvalue weighted by molar-refractivity contribution is 8.01. The first-order valence-electron chi connectivity index (χ1n) is 6.99. The Balaban J connectivity index is 1.93. The van der Waals surface area contributed by atoms with Crippen LogP contribution in [0.25, 0.3) is 0 Å². The van der Waals surface area contributed by atoms with Gasteiger partial charge >= 0.3 is 5.97 Å². The summed E-state index contributed by atoms with van der Waals surface area (Å²) in [5.74, 6) is -0.741. The molecule has 1 amide bonds. The maximum atomic E-state index is 12.6. The Morgan fingerprint density at radius 3 is 2.77 bits per heavy atom. The number of carbonyl (C=O) groups excluding carboxylic acids is 1. The molecule has 0 fully saturated rings. The van der Waals surface area contributed by atoms with Crippen molar-refractivity contribution in [1.82, 2.24) is 0 Å². The van der Waals surface area contributed by atoms with Crippen LogP contribution in [0.1, 0.15) is 29.7 Å². The molecule has 5 nitrogen and oxygen atoms in total. The van der Waals surface area contributed by atoms with Gasteiger partial charge in [-0.2, -0.15) is 0 Å². The molecule has 0 spiro atoms. The second-order valence-electron chi connectivity index (χ2n) is 4.98. The van der Waals surface area contributed by atoms with Gasteiger partial charge in [0.25, 0.3) is 0 Å². The van der Waals surface area contributed by atoms with Gasteiger partial charge in [-0.1, -0.05) is 19.1 Å². The van der Waals surface area contributed by atoms with Gasteiger partial charge in [0.05, 0.1) is 17.5 Å². The largest absolute Gasteiger partial charge is 0.475 e. The maximum absolute atomic E-state index is 12.6. The summed E-state index contributed by atoms with van der Waals surface area (Å²) in [6.07, 6.45) is 0.743. The van der Waals surface area contributed by atoms with E-state index in [1.807, 2.05) is 31.2 Å². The number of fused-ring (bicyclic) bond motifs is 1. The van der Waals surface area contributed by atoms with Gasteiger partial charge in [-0.25, -0.2) is 4.79 Å². The number of para-hydroxylation sites is 1. The molecule has 22 heavy (non-hydrogen) atoms. The quantitative estimate of drug-likeness (QED) is 0.936. The molecule has 1 aromatic heterocycles. The molecule has 0 saturated carbocycles. The number of thioether (sulfide) groups is 1. The molecule has 3 rings (SSSR count). The van der Waals surface area contributed by atoms with Gasteiger partial charge in [0.1, 0.15) is 5.76 Å². The monoisotopic (exact) mass is 317 g/mol. The van der Waals surface area contributed by atoms with Crippen LogP contribution in [0.15, 0.2) is 45.7 Å². The predicted octanol–water partition coefficient (Wildman–Crippen LogP) is 3.40. The minimum atomic E-state index is -1.11. The lowest BCUT2D eigenvalue weighted by atomic mass is 10.2. The molecule has 114 valence electrons. The SMILES string of the molecule is CCC1Sc2ccccc2N(Cc2ccc(C(=O)O)o2)C1=O. The number of aromatic carboxylic acids is 1. The molecule has 6 heteroatoms. The van der Waals surface area contributed by atoms with Gasteiger partial charge in [0.2, 0.25) is 11.7 Å². The van der Waals surface area contributed by atoms with E-state index in [-0.39, 0.29) is 23.5 Å². The van der Waals surface area contributed by atoms with Crippen molar-refractivity contribution in [2.24, 2.45) is 0 Å². The third-order valence-electron chi connectivity index (χ3n) is 3.52. The summed E-state index contributed by atoms with van der Waals surface area (Å²) in [5.41, 5.74) is 0.843. The van der Waals surface area contributed by atoms with E-state index in [9.17, 15) is 9.59 Å². The van der Waals surface area contributed by atoms with E-state index in [1.54, 1.807) is 22.7 Å². The van der Waals surface area contributed by atoms with Gasteiger partial charge < -0.3 is 14.4 Å². The number of rotatable bonds is 4. The van der Waals surface area contributed by atoms with Crippen LogP contribution in [0.2, 0.25) is 0 Å². The van der Waals surface area contributed by atoms with Crippen molar-refractivity contribution in [3.8, 4) is 0 Å². The van der Waals surface area contributed by atoms with E-state index in [1.165, 1.54) is 6.07 Å². The number of nitrogens with zero attached hydrogens (tertiary/aromatic N) is 1. The summed E-state index contributed by atoms with van der Waals surface area (Å²) in [4.78, 5) is 26.2. The van der Waals surface area contributed by atoms with Crippen LogP contribution >= 0.6 is 11.8 Å². The van der Waals surface area contributed by atoms with Crippen LogP contribution in [-0.4, -0.2) is 22.2 Å². The molecule has 1 N–H and O–H groups in total. The zero-order chi connectivity index (χ0) is 15.7. The van der Waals surface area contributed by atoms with Crippen molar-refractivity contribution in [2.45, 2.75) is 30.0 Å². The van der Waals surface area contributed by atoms with Crippen LogP contribution in [0.5, 0.6) is 0 Å². The van der Waals surface area contributed by atoms with E-state index in [2.05, 4.69) is 0 Å². The van der Waals surface area contributed by atoms with Gasteiger partial charge in [0, 0.05) is 4.90 Å². The minimum absolute atomic E-state index is 0.0273. The molecule has 1 aliphatic rings. The molecule has 0 bridgehead atoms. The fourth-order valence-electron chi connectivity index (χ4n) is 2.43. The van der Waals surface area contributed by atoms with Crippen molar-refractivity contribution < 1.29 is 19.1 Å². The second kappa shape index (κ2) is 5.88. The van der Waals surface area contributed by atoms with E-state index < -0.39 is 5.97 Å². The van der Waals surface area contributed by atoms with Crippen LogP contribution in [-0.2, 0) is 11.3 Å². The average Bonchev–Trinajstić information content (AvgIpc) is 2.98. The molecular weight excluding hydrogens is 302 g/mol. The van der Waals surface area contributed by atoms with Gasteiger partial charge in [-0.05, 0) is 30.7 Å². The summed E-state index contributed by atoms with van der Waals surface area (Å²) in [6.45, 7) is 2.22. The number of carboxylic acid groups (broad SMARTS) is 1.